The van der Waals surface area contributed by atoms with Crippen LogP contribution in [-0.4, -0.2) is 0 Å². The van der Waals surface area contributed by atoms with Crippen LogP contribution in [0, 0.1) is 6.92 Å². The molecule has 0 bridgehead atoms. The molecular formula is C16H11Br3S. The summed E-state index contributed by atoms with van der Waals surface area (Å²) in [6.45, 7) is 2.12. The first kappa shape index (κ1) is 14.8. The third-order valence-corrected chi connectivity index (χ3v) is 7.21. The molecule has 1 aromatic heterocycles. The summed E-state index contributed by atoms with van der Waals surface area (Å²) in [5.74, 6) is 0. The Morgan fingerprint density at radius 3 is 2.60 bits per heavy atom. The molecule has 0 spiro atoms. The number of hydrogen-bond donors (Lipinski definition) is 0. The molecule has 20 heavy (non-hydrogen) atoms. The Kier molecular flexibility index (Phi) is 4.37. The van der Waals surface area contributed by atoms with E-state index in [0.717, 1.165) is 8.95 Å². The van der Waals surface area contributed by atoms with Crippen LogP contribution >= 0.6 is 59.1 Å². The predicted octanol–water partition coefficient (Wildman–Crippen LogP) is 7.22. The first-order chi connectivity index (χ1) is 9.58. The van der Waals surface area contributed by atoms with Crippen LogP contribution in [0.2, 0.25) is 0 Å². The molecule has 0 amide bonds. The molecule has 0 saturated carbocycles. The van der Waals surface area contributed by atoms with E-state index in [-0.39, 0.29) is 4.83 Å². The zero-order valence-electron chi connectivity index (χ0n) is 10.7. The van der Waals surface area contributed by atoms with Crippen LogP contribution in [0.5, 0.6) is 0 Å². The Hall–Kier alpha value is -0.160. The first-order valence-corrected chi connectivity index (χ1v) is 9.52. The second-order valence-corrected chi connectivity index (χ2v) is 8.18. The van der Waals surface area contributed by atoms with Gasteiger partial charge in [0.05, 0.1) is 4.83 Å². The highest BCUT2D eigenvalue weighted by atomic mass is 79.9. The summed E-state index contributed by atoms with van der Waals surface area (Å²) < 4.78 is 3.62. The Balaban J connectivity index is 2.10. The summed E-state index contributed by atoms with van der Waals surface area (Å²) in [5.41, 5.74) is 3.87. The Labute approximate surface area is 147 Å². The van der Waals surface area contributed by atoms with Gasteiger partial charge in [-0.2, -0.15) is 0 Å². The molecule has 1 atom stereocenters. The topological polar surface area (TPSA) is 0 Å². The molecule has 0 aliphatic rings. The number of aryl methyl sites for hydroxylation is 1. The lowest BCUT2D eigenvalue weighted by Gasteiger charge is -2.11. The molecule has 4 heteroatoms. The van der Waals surface area contributed by atoms with Crippen molar-refractivity contribution in [2.75, 3.05) is 0 Å². The average Bonchev–Trinajstić information content (AvgIpc) is 2.86. The van der Waals surface area contributed by atoms with Gasteiger partial charge in [0.2, 0.25) is 0 Å². The molecule has 3 rings (SSSR count). The van der Waals surface area contributed by atoms with Gasteiger partial charge < -0.3 is 0 Å². The van der Waals surface area contributed by atoms with Crippen LogP contribution in [-0.2, 0) is 0 Å². The van der Waals surface area contributed by atoms with E-state index >= 15 is 0 Å². The molecule has 0 N–H and O–H groups in total. The highest BCUT2D eigenvalue weighted by Crippen LogP contribution is 2.41. The molecule has 102 valence electrons. The lowest BCUT2D eigenvalue weighted by molar-refractivity contribution is 1.19. The van der Waals surface area contributed by atoms with E-state index in [4.69, 9.17) is 0 Å². The molecule has 0 radical (unpaired) electrons. The fourth-order valence-electron chi connectivity index (χ4n) is 2.24. The van der Waals surface area contributed by atoms with E-state index in [1.165, 1.54) is 26.8 Å². The van der Waals surface area contributed by atoms with Crippen molar-refractivity contribution >= 4 is 69.2 Å². The van der Waals surface area contributed by atoms with Crippen molar-refractivity contribution < 1.29 is 0 Å². The van der Waals surface area contributed by atoms with Crippen LogP contribution in [0.15, 0.2) is 50.7 Å². The van der Waals surface area contributed by atoms with Gasteiger partial charge in [-0.05, 0) is 62.4 Å². The molecule has 3 aromatic rings. The standard InChI is InChI=1S/C16H11Br3S/c1-9-7-10(5-6-13(9)17)15(19)12-8-20-16-11(12)3-2-4-14(16)18/h2-8,15H,1H3. The number of fused-ring (bicyclic) bond motifs is 1. The van der Waals surface area contributed by atoms with Crippen molar-refractivity contribution in [1.82, 2.24) is 0 Å². The summed E-state index contributed by atoms with van der Waals surface area (Å²) in [6, 6.07) is 12.9. The third-order valence-electron chi connectivity index (χ3n) is 3.33. The van der Waals surface area contributed by atoms with Gasteiger partial charge in [-0.1, -0.05) is 56.1 Å². The predicted molar refractivity (Wildman–Crippen MR) is 99.2 cm³/mol. The second kappa shape index (κ2) is 5.91. The SMILES string of the molecule is Cc1cc(C(Br)c2csc3c(Br)cccc23)ccc1Br. The van der Waals surface area contributed by atoms with E-state index in [1.54, 1.807) is 11.3 Å². The summed E-state index contributed by atoms with van der Waals surface area (Å²) >= 11 is 12.8. The van der Waals surface area contributed by atoms with Gasteiger partial charge >= 0.3 is 0 Å². The van der Waals surface area contributed by atoms with Crippen LogP contribution in [0.25, 0.3) is 10.1 Å². The van der Waals surface area contributed by atoms with E-state index in [1.807, 2.05) is 0 Å². The Morgan fingerprint density at radius 2 is 1.85 bits per heavy atom. The number of alkyl halides is 1. The quantitative estimate of drug-likeness (QED) is 0.344. The van der Waals surface area contributed by atoms with Crippen molar-refractivity contribution in [3.8, 4) is 0 Å². The largest absolute Gasteiger partial charge is 0.142 e. The summed E-state index contributed by atoms with van der Waals surface area (Å²) in [4.78, 5) is 0.220. The van der Waals surface area contributed by atoms with Gasteiger partial charge in [0.15, 0.2) is 0 Å². The molecule has 0 aliphatic carbocycles. The van der Waals surface area contributed by atoms with Gasteiger partial charge in [-0.15, -0.1) is 11.3 Å². The van der Waals surface area contributed by atoms with E-state index in [9.17, 15) is 0 Å². The van der Waals surface area contributed by atoms with Crippen molar-refractivity contribution in [1.29, 1.82) is 0 Å². The summed E-state index contributed by atoms with van der Waals surface area (Å²) in [6.07, 6.45) is 0. The van der Waals surface area contributed by atoms with E-state index in [2.05, 4.69) is 96.5 Å². The molecular weight excluding hydrogens is 464 g/mol. The van der Waals surface area contributed by atoms with Crippen LogP contribution in [0.1, 0.15) is 21.5 Å². The molecule has 0 aliphatic heterocycles. The number of rotatable bonds is 2. The second-order valence-electron chi connectivity index (χ2n) is 4.68. The fourth-order valence-corrected chi connectivity index (χ4v) is 4.98. The van der Waals surface area contributed by atoms with E-state index < -0.39 is 0 Å². The summed E-state index contributed by atoms with van der Waals surface area (Å²) in [7, 11) is 0. The number of thiophene rings is 1. The van der Waals surface area contributed by atoms with E-state index in [0.29, 0.717) is 0 Å². The number of benzene rings is 2. The lowest BCUT2D eigenvalue weighted by Crippen LogP contribution is -1.92. The highest BCUT2D eigenvalue weighted by molar-refractivity contribution is 9.11. The van der Waals surface area contributed by atoms with Gasteiger partial charge in [-0.3, -0.25) is 0 Å². The van der Waals surface area contributed by atoms with Crippen molar-refractivity contribution in [3.63, 3.8) is 0 Å². The smallest absolute Gasteiger partial charge is 0.0658 e. The van der Waals surface area contributed by atoms with Crippen molar-refractivity contribution in [3.05, 3.63) is 67.4 Å². The van der Waals surface area contributed by atoms with Gasteiger partial charge in [0, 0.05) is 13.6 Å². The first-order valence-electron chi connectivity index (χ1n) is 6.13. The van der Waals surface area contributed by atoms with Crippen LogP contribution in [0.3, 0.4) is 0 Å². The van der Waals surface area contributed by atoms with Gasteiger partial charge in [-0.25, -0.2) is 0 Å². The monoisotopic (exact) mass is 472 g/mol. The maximum absolute atomic E-state index is 3.85. The Bertz CT molecular complexity index is 776. The molecule has 0 saturated heterocycles. The molecule has 0 fully saturated rings. The normalized spacial score (nSPS) is 12.8. The Morgan fingerprint density at radius 1 is 1.05 bits per heavy atom. The maximum Gasteiger partial charge on any atom is 0.0658 e. The van der Waals surface area contributed by atoms with Crippen molar-refractivity contribution in [2.24, 2.45) is 0 Å². The zero-order chi connectivity index (χ0) is 14.3. The third kappa shape index (κ3) is 2.63. The minimum absolute atomic E-state index is 0.220. The minimum Gasteiger partial charge on any atom is -0.142 e. The average molecular weight is 475 g/mol. The molecule has 0 nitrogen and oxygen atoms in total. The van der Waals surface area contributed by atoms with Crippen LogP contribution in [0.4, 0.5) is 0 Å². The van der Waals surface area contributed by atoms with Gasteiger partial charge in [0.1, 0.15) is 0 Å². The minimum atomic E-state index is 0.220. The fraction of sp³-hybridized carbons (Fsp3) is 0.125. The zero-order valence-corrected chi connectivity index (χ0v) is 16.2. The van der Waals surface area contributed by atoms with Gasteiger partial charge in [0.25, 0.3) is 0 Å². The number of hydrogen-bond acceptors (Lipinski definition) is 1. The molecule has 1 heterocycles. The summed E-state index contributed by atoms with van der Waals surface area (Å²) in [5, 5.41) is 3.55. The molecule has 2 aromatic carbocycles. The number of halogens is 3. The molecule has 1 unspecified atom stereocenters. The lowest BCUT2D eigenvalue weighted by atomic mass is 10.0. The maximum atomic E-state index is 3.85. The van der Waals surface area contributed by atoms with Crippen molar-refractivity contribution in [2.45, 2.75) is 11.8 Å². The highest BCUT2D eigenvalue weighted by Gasteiger charge is 2.16. The van der Waals surface area contributed by atoms with Crippen LogP contribution < -0.4 is 0 Å².